The Morgan fingerprint density at radius 1 is 1.23 bits per heavy atom. The number of pyridine rings is 1. The van der Waals surface area contributed by atoms with E-state index in [2.05, 4.69) is 43.8 Å². The molecule has 1 aromatic carbocycles. The number of hydrogen-bond donors (Lipinski definition) is 3. The van der Waals surface area contributed by atoms with Gasteiger partial charge in [-0.1, -0.05) is 24.3 Å². The van der Waals surface area contributed by atoms with Crippen molar-refractivity contribution in [1.82, 2.24) is 24.8 Å². The maximum Gasteiger partial charge on any atom is 0.252 e. The third kappa shape index (κ3) is 3.11. The summed E-state index contributed by atoms with van der Waals surface area (Å²) >= 11 is 1.52. The van der Waals surface area contributed by atoms with Crippen molar-refractivity contribution in [3.8, 4) is 11.3 Å². The minimum absolute atomic E-state index is 0.0532. The van der Waals surface area contributed by atoms with Crippen LogP contribution in [0.1, 0.15) is 15.9 Å². The molecule has 0 saturated carbocycles. The third-order valence-corrected chi connectivity index (χ3v) is 5.86. The molecule has 0 aliphatic carbocycles. The first-order valence-electron chi connectivity index (χ1n) is 9.55. The number of thiophene rings is 1. The number of fused-ring (bicyclic) bond motifs is 3. The van der Waals surface area contributed by atoms with E-state index in [9.17, 15) is 4.79 Å². The second-order valence-corrected chi connectivity index (χ2v) is 7.88. The summed E-state index contributed by atoms with van der Waals surface area (Å²) in [5.74, 6) is 0.700. The lowest BCUT2D eigenvalue weighted by Crippen LogP contribution is -2.22. The van der Waals surface area contributed by atoms with Gasteiger partial charge in [0.15, 0.2) is 5.82 Å². The Hall–Kier alpha value is -3.65. The van der Waals surface area contributed by atoms with Gasteiger partial charge in [0.25, 0.3) is 5.91 Å². The highest BCUT2D eigenvalue weighted by Crippen LogP contribution is 2.31. The van der Waals surface area contributed by atoms with E-state index in [1.54, 1.807) is 6.33 Å². The molecule has 0 unspecified atom stereocenters. The summed E-state index contributed by atoms with van der Waals surface area (Å²) in [5, 5.41) is 10.9. The number of carbonyl (C=O) groups excluding carboxylic acids is 1. The van der Waals surface area contributed by atoms with Crippen LogP contribution in [0.5, 0.6) is 0 Å². The molecule has 0 radical (unpaired) electrons. The van der Waals surface area contributed by atoms with Crippen molar-refractivity contribution in [2.24, 2.45) is 7.05 Å². The summed E-state index contributed by atoms with van der Waals surface area (Å²) in [6, 6.07) is 12.1. The van der Waals surface area contributed by atoms with Crippen molar-refractivity contribution in [1.29, 1.82) is 0 Å². The zero-order chi connectivity index (χ0) is 20.7. The molecule has 4 heterocycles. The van der Waals surface area contributed by atoms with Gasteiger partial charge in [-0.15, -0.1) is 0 Å². The number of benzene rings is 1. The Labute approximate surface area is 176 Å². The molecule has 0 bridgehead atoms. The van der Waals surface area contributed by atoms with E-state index in [1.807, 2.05) is 47.6 Å². The SMILES string of the molecule is CNc1nc2[nH]c(-c3ccc(CNC(=O)c4ccsc4)cc3)cc2c2c1ncn2C. The summed E-state index contributed by atoms with van der Waals surface area (Å²) in [6.45, 7) is 0.490. The van der Waals surface area contributed by atoms with Gasteiger partial charge < -0.3 is 20.2 Å². The second-order valence-electron chi connectivity index (χ2n) is 7.10. The topological polar surface area (TPSA) is 87.6 Å². The van der Waals surface area contributed by atoms with E-state index in [-0.39, 0.29) is 5.91 Å². The number of anilines is 1. The van der Waals surface area contributed by atoms with Crippen LogP contribution in [0.4, 0.5) is 5.82 Å². The van der Waals surface area contributed by atoms with E-state index in [4.69, 9.17) is 0 Å². The van der Waals surface area contributed by atoms with E-state index in [0.717, 1.165) is 44.7 Å². The quantitative estimate of drug-likeness (QED) is 0.402. The Kier molecular flexibility index (Phi) is 4.48. The Morgan fingerprint density at radius 3 is 2.80 bits per heavy atom. The number of rotatable bonds is 5. The van der Waals surface area contributed by atoms with Crippen LogP contribution < -0.4 is 10.6 Å². The lowest BCUT2D eigenvalue weighted by Gasteiger charge is -2.05. The molecule has 30 heavy (non-hydrogen) atoms. The average Bonchev–Trinajstić information content (AvgIpc) is 3.51. The smallest absolute Gasteiger partial charge is 0.252 e. The molecule has 8 heteroatoms. The summed E-state index contributed by atoms with van der Waals surface area (Å²) in [4.78, 5) is 24.7. The normalized spacial score (nSPS) is 11.3. The van der Waals surface area contributed by atoms with Crippen LogP contribution in [0.3, 0.4) is 0 Å². The number of aromatic nitrogens is 4. The summed E-state index contributed by atoms with van der Waals surface area (Å²) in [6.07, 6.45) is 1.80. The number of hydrogen-bond acceptors (Lipinski definition) is 5. The number of aryl methyl sites for hydroxylation is 1. The molecule has 0 fully saturated rings. The fraction of sp³-hybridized carbons (Fsp3) is 0.136. The van der Waals surface area contributed by atoms with Crippen LogP contribution >= 0.6 is 11.3 Å². The molecular weight excluding hydrogens is 396 g/mol. The van der Waals surface area contributed by atoms with Crippen molar-refractivity contribution in [3.05, 3.63) is 64.6 Å². The van der Waals surface area contributed by atoms with Crippen molar-refractivity contribution in [2.75, 3.05) is 12.4 Å². The van der Waals surface area contributed by atoms with E-state index in [0.29, 0.717) is 12.1 Å². The number of aromatic amines is 1. The van der Waals surface area contributed by atoms with Crippen LogP contribution in [0.15, 0.2) is 53.5 Å². The van der Waals surface area contributed by atoms with E-state index < -0.39 is 0 Å². The Morgan fingerprint density at radius 2 is 2.07 bits per heavy atom. The van der Waals surface area contributed by atoms with Crippen molar-refractivity contribution in [2.45, 2.75) is 6.54 Å². The monoisotopic (exact) mass is 416 g/mol. The number of nitrogens with zero attached hydrogens (tertiary/aromatic N) is 3. The highest BCUT2D eigenvalue weighted by atomic mass is 32.1. The molecule has 5 rings (SSSR count). The predicted molar refractivity (Wildman–Crippen MR) is 121 cm³/mol. The first-order chi connectivity index (χ1) is 14.6. The van der Waals surface area contributed by atoms with Crippen molar-refractivity contribution < 1.29 is 4.79 Å². The lowest BCUT2D eigenvalue weighted by atomic mass is 10.1. The molecule has 5 aromatic rings. The molecule has 0 saturated heterocycles. The maximum atomic E-state index is 12.1. The van der Waals surface area contributed by atoms with Gasteiger partial charge in [0.1, 0.15) is 11.2 Å². The van der Waals surface area contributed by atoms with Gasteiger partial charge >= 0.3 is 0 Å². The second kappa shape index (κ2) is 7.31. The van der Waals surface area contributed by atoms with Crippen molar-refractivity contribution in [3.63, 3.8) is 0 Å². The van der Waals surface area contributed by atoms with Crippen LogP contribution in [0.2, 0.25) is 0 Å². The van der Waals surface area contributed by atoms with Gasteiger partial charge in [0, 0.05) is 42.7 Å². The molecule has 3 N–H and O–H groups in total. The minimum Gasteiger partial charge on any atom is -0.371 e. The standard InChI is InChI=1S/C22H20N6OS/c1-23-21-18-19(28(2)12-25-18)16-9-17(26-20(16)27-21)14-5-3-13(4-6-14)10-24-22(29)15-7-8-30-11-15/h3-9,11-12H,10H2,1-2H3,(H,24,29)(H2,23,26,27). The summed E-state index contributed by atoms with van der Waals surface area (Å²) < 4.78 is 2.01. The predicted octanol–water partition coefficient (Wildman–Crippen LogP) is 4.15. The number of nitrogens with one attached hydrogen (secondary N) is 3. The Balaban J connectivity index is 1.42. The van der Waals surface area contributed by atoms with E-state index in [1.165, 1.54) is 11.3 Å². The zero-order valence-electron chi connectivity index (χ0n) is 16.6. The fourth-order valence-corrected chi connectivity index (χ4v) is 4.24. The third-order valence-electron chi connectivity index (χ3n) is 5.18. The number of amides is 1. The Bertz CT molecular complexity index is 1350. The highest BCUT2D eigenvalue weighted by molar-refractivity contribution is 7.08. The molecule has 7 nitrogen and oxygen atoms in total. The molecule has 0 atom stereocenters. The molecular formula is C22H20N6OS. The molecule has 4 aromatic heterocycles. The minimum atomic E-state index is -0.0532. The van der Waals surface area contributed by atoms with Crippen LogP contribution in [0, 0.1) is 0 Å². The maximum absolute atomic E-state index is 12.1. The lowest BCUT2D eigenvalue weighted by molar-refractivity contribution is 0.0951. The zero-order valence-corrected chi connectivity index (χ0v) is 17.4. The molecule has 0 spiro atoms. The number of imidazole rings is 1. The summed E-state index contributed by atoms with van der Waals surface area (Å²) in [5.41, 5.74) is 6.50. The van der Waals surface area contributed by atoms with Crippen LogP contribution in [0.25, 0.3) is 33.3 Å². The first-order valence-corrected chi connectivity index (χ1v) is 10.5. The van der Waals surface area contributed by atoms with Gasteiger partial charge in [-0.3, -0.25) is 4.79 Å². The van der Waals surface area contributed by atoms with Gasteiger partial charge in [-0.2, -0.15) is 11.3 Å². The van der Waals surface area contributed by atoms with Gasteiger partial charge in [-0.25, -0.2) is 9.97 Å². The molecule has 0 aliphatic rings. The summed E-state index contributed by atoms with van der Waals surface area (Å²) in [7, 11) is 3.84. The van der Waals surface area contributed by atoms with Crippen LogP contribution in [-0.2, 0) is 13.6 Å². The van der Waals surface area contributed by atoms with Gasteiger partial charge in [0.2, 0.25) is 0 Å². The van der Waals surface area contributed by atoms with Crippen LogP contribution in [-0.4, -0.2) is 32.5 Å². The molecule has 1 amide bonds. The van der Waals surface area contributed by atoms with Crippen molar-refractivity contribution >= 4 is 45.1 Å². The largest absolute Gasteiger partial charge is 0.371 e. The number of H-pyrrole nitrogens is 1. The highest BCUT2D eigenvalue weighted by Gasteiger charge is 2.15. The fourth-order valence-electron chi connectivity index (χ4n) is 3.61. The van der Waals surface area contributed by atoms with Gasteiger partial charge in [-0.05, 0) is 28.6 Å². The molecule has 150 valence electrons. The van der Waals surface area contributed by atoms with E-state index >= 15 is 0 Å². The first kappa shape index (κ1) is 18.4. The average molecular weight is 417 g/mol. The number of carbonyl (C=O) groups is 1. The van der Waals surface area contributed by atoms with Gasteiger partial charge in [0.05, 0.1) is 11.8 Å². The molecule has 0 aliphatic heterocycles.